The Bertz CT molecular complexity index is 416. The van der Waals surface area contributed by atoms with Crippen molar-refractivity contribution in [1.82, 2.24) is 10.3 Å². The Morgan fingerprint density at radius 1 is 1.32 bits per heavy atom. The maximum Gasteiger partial charge on any atom is 0.208 e. The number of ether oxygens (including phenoxy) is 1. The molecule has 1 N–H and O–H groups in total. The van der Waals surface area contributed by atoms with Crippen LogP contribution >= 0.6 is 0 Å². The molecule has 106 valence electrons. The zero-order valence-electron chi connectivity index (χ0n) is 12.0. The van der Waals surface area contributed by atoms with Crippen LogP contribution in [-0.4, -0.2) is 23.2 Å². The van der Waals surface area contributed by atoms with Gasteiger partial charge in [-0.15, -0.1) is 0 Å². The summed E-state index contributed by atoms with van der Waals surface area (Å²) in [6.07, 6.45) is 7.37. The number of hydrogen-bond donors (Lipinski definition) is 1. The van der Waals surface area contributed by atoms with Crippen molar-refractivity contribution in [2.45, 2.75) is 70.6 Å². The van der Waals surface area contributed by atoms with Crippen LogP contribution in [0.5, 0.6) is 0 Å². The highest BCUT2D eigenvalue weighted by molar-refractivity contribution is 5.05. The van der Waals surface area contributed by atoms with Gasteiger partial charge in [-0.05, 0) is 39.5 Å². The molecule has 1 aromatic rings. The molecule has 0 aromatic carbocycles. The lowest BCUT2D eigenvalue weighted by Crippen LogP contribution is -2.45. The second-order valence-corrected chi connectivity index (χ2v) is 6.06. The summed E-state index contributed by atoms with van der Waals surface area (Å²) in [6.45, 7) is 5.58. The van der Waals surface area contributed by atoms with E-state index in [0.29, 0.717) is 6.04 Å². The van der Waals surface area contributed by atoms with Crippen LogP contribution in [0.4, 0.5) is 0 Å². The Labute approximate surface area is 114 Å². The van der Waals surface area contributed by atoms with Gasteiger partial charge in [0.15, 0.2) is 0 Å². The molecule has 1 aliphatic heterocycles. The molecule has 1 saturated heterocycles. The molecule has 1 aliphatic carbocycles. The molecule has 1 saturated carbocycles. The summed E-state index contributed by atoms with van der Waals surface area (Å²) in [5.74, 6) is 1.73. The van der Waals surface area contributed by atoms with Crippen molar-refractivity contribution in [2.75, 3.05) is 6.61 Å². The first-order chi connectivity index (χ1) is 9.17. The van der Waals surface area contributed by atoms with Gasteiger partial charge in [0.05, 0.1) is 17.8 Å². The first-order valence-electron chi connectivity index (χ1n) is 7.47. The molecule has 4 heteroatoms. The van der Waals surface area contributed by atoms with Crippen LogP contribution in [0.15, 0.2) is 4.42 Å². The van der Waals surface area contributed by atoms with E-state index in [0.717, 1.165) is 43.3 Å². The topological polar surface area (TPSA) is 47.3 Å². The van der Waals surface area contributed by atoms with Crippen LogP contribution in [0, 0.1) is 13.8 Å². The lowest BCUT2D eigenvalue weighted by Gasteiger charge is -2.38. The number of rotatable bonds is 3. The molecular formula is C15H24N2O2. The van der Waals surface area contributed by atoms with Crippen LogP contribution in [0.3, 0.4) is 0 Å². The molecule has 3 rings (SSSR count). The largest absolute Gasteiger partial charge is 0.444 e. The summed E-state index contributed by atoms with van der Waals surface area (Å²) in [5, 5.41) is 3.59. The van der Waals surface area contributed by atoms with Gasteiger partial charge in [-0.25, -0.2) is 4.98 Å². The summed E-state index contributed by atoms with van der Waals surface area (Å²) in [5.41, 5.74) is 1.18. The lowest BCUT2D eigenvalue weighted by molar-refractivity contribution is -0.0839. The van der Waals surface area contributed by atoms with E-state index >= 15 is 0 Å². The first-order valence-corrected chi connectivity index (χ1v) is 7.47. The maximum atomic E-state index is 6.05. The molecule has 1 aromatic heterocycles. The Balaban J connectivity index is 1.55. The normalized spacial score (nSPS) is 26.1. The van der Waals surface area contributed by atoms with Gasteiger partial charge in [-0.1, -0.05) is 12.8 Å². The summed E-state index contributed by atoms with van der Waals surface area (Å²) >= 11 is 0. The SMILES string of the molecule is Cc1nc(CNC2CCOC3(CCCC3)C2)oc1C. The second kappa shape index (κ2) is 5.25. The predicted octanol–water partition coefficient (Wildman–Crippen LogP) is 2.87. The first kappa shape index (κ1) is 13.1. The third-order valence-electron chi connectivity index (χ3n) is 4.62. The van der Waals surface area contributed by atoms with Crippen LogP contribution < -0.4 is 5.32 Å². The van der Waals surface area contributed by atoms with Gasteiger partial charge in [0.1, 0.15) is 5.76 Å². The maximum absolute atomic E-state index is 6.05. The third kappa shape index (κ3) is 2.84. The van der Waals surface area contributed by atoms with Gasteiger partial charge >= 0.3 is 0 Å². The molecule has 4 nitrogen and oxygen atoms in total. The highest BCUT2D eigenvalue weighted by atomic mass is 16.5. The van der Waals surface area contributed by atoms with Gasteiger partial charge in [0.2, 0.25) is 5.89 Å². The molecule has 1 spiro atoms. The minimum atomic E-state index is 0.179. The molecule has 2 aliphatic rings. The minimum Gasteiger partial charge on any atom is -0.444 e. The molecule has 0 bridgehead atoms. The summed E-state index contributed by atoms with van der Waals surface area (Å²) in [6, 6.07) is 0.541. The highest BCUT2D eigenvalue weighted by Gasteiger charge is 2.39. The van der Waals surface area contributed by atoms with Gasteiger partial charge < -0.3 is 14.5 Å². The second-order valence-electron chi connectivity index (χ2n) is 6.06. The van der Waals surface area contributed by atoms with Crippen molar-refractivity contribution in [2.24, 2.45) is 0 Å². The Morgan fingerprint density at radius 3 is 2.79 bits per heavy atom. The van der Waals surface area contributed by atoms with E-state index in [-0.39, 0.29) is 5.60 Å². The Hall–Kier alpha value is -0.870. The van der Waals surface area contributed by atoms with E-state index < -0.39 is 0 Å². The van der Waals surface area contributed by atoms with Crippen LogP contribution in [0.2, 0.25) is 0 Å². The van der Waals surface area contributed by atoms with Gasteiger partial charge in [0.25, 0.3) is 0 Å². The summed E-state index contributed by atoms with van der Waals surface area (Å²) in [7, 11) is 0. The predicted molar refractivity (Wildman–Crippen MR) is 73.0 cm³/mol. The molecule has 1 atom stereocenters. The van der Waals surface area contributed by atoms with Crippen molar-refractivity contribution in [3.8, 4) is 0 Å². The van der Waals surface area contributed by atoms with Crippen LogP contribution in [0.1, 0.15) is 55.9 Å². The number of oxazole rings is 1. The van der Waals surface area contributed by atoms with Crippen molar-refractivity contribution in [3.63, 3.8) is 0 Å². The molecule has 1 unspecified atom stereocenters. The van der Waals surface area contributed by atoms with Crippen LogP contribution in [-0.2, 0) is 11.3 Å². The minimum absolute atomic E-state index is 0.179. The smallest absolute Gasteiger partial charge is 0.208 e. The highest BCUT2D eigenvalue weighted by Crippen LogP contribution is 2.39. The summed E-state index contributed by atoms with van der Waals surface area (Å²) in [4.78, 5) is 4.42. The van der Waals surface area contributed by atoms with Gasteiger partial charge in [-0.3, -0.25) is 0 Å². The van der Waals surface area contributed by atoms with E-state index in [2.05, 4.69) is 10.3 Å². The molecule has 2 heterocycles. The quantitative estimate of drug-likeness (QED) is 0.912. The van der Waals surface area contributed by atoms with Crippen molar-refractivity contribution < 1.29 is 9.15 Å². The molecule has 0 amide bonds. The van der Waals surface area contributed by atoms with E-state index in [4.69, 9.17) is 9.15 Å². The third-order valence-corrected chi connectivity index (χ3v) is 4.62. The molecule has 2 fully saturated rings. The fraction of sp³-hybridized carbons (Fsp3) is 0.800. The monoisotopic (exact) mass is 264 g/mol. The number of aryl methyl sites for hydroxylation is 2. The average Bonchev–Trinajstić information content (AvgIpc) is 2.96. The molecule has 0 radical (unpaired) electrons. The van der Waals surface area contributed by atoms with Gasteiger partial charge in [0, 0.05) is 12.6 Å². The lowest BCUT2D eigenvalue weighted by atomic mass is 9.89. The van der Waals surface area contributed by atoms with Gasteiger partial charge in [-0.2, -0.15) is 0 Å². The Morgan fingerprint density at radius 2 is 2.11 bits per heavy atom. The van der Waals surface area contributed by atoms with E-state index in [1.54, 1.807) is 0 Å². The van der Waals surface area contributed by atoms with E-state index in [1.807, 2.05) is 13.8 Å². The fourth-order valence-corrected chi connectivity index (χ4v) is 3.42. The standard InChI is InChI=1S/C15H24N2O2/c1-11-12(2)19-14(17-11)10-16-13-5-8-18-15(9-13)6-3-4-7-15/h13,16H,3-10H2,1-2H3. The van der Waals surface area contributed by atoms with Crippen molar-refractivity contribution >= 4 is 0 Å². The molecular weight excluding hydrogens is 240 g/mol. The zero-order chi connectivity index (χ0) is 13.3. The number of nitrogens with zero attached hydrogens (tertiary/aromatic N) is 1. The van der Waals surface area contributed by atoms with Crippen molar-refractivity contribution in [3.05, 3.63) is 17.3 Å². The number of nitrogens with one attached hydrogen (secondary N) is 1. The van der Waals surface area contributed by atoms with Crippen molar-refractivity contribution in [1.29, 1.82) is 0 Å². The van der Waals surface area contributed by atoms with Crippen LogP contribution in [0.25, 0.3) is 0 Å². The molecule has 19 heavy (non-hydrogen) atoms. The number of hydrogen-bond acceptors (Lipinski definition) is 4. The van der Waals surface area contributed by atoms with E-state index in [1.165, 1.54) is 25.7 Å². The van der Waals surface area contributed by atoms with E-state index in [9.17, 15) is 0 Å². The zero-order valence-corrected chi connectivity index (χ0v) is 12.0. The average molecular weight is 264 g/mol. The summed E-state index contributed by atoms with van der Waals surface area (Å²) < 4.78 is 11.7. The Kier molecular flexibility index (Phi) is 3.63. The number of aromatic nitrogens is 1. The fourth-order valence-electron chi connectivity index (χ4n) is 3.42.